The van der Waals surface area contributed by atoms with Crippen LogP contribution in [0.4, 0.5) is 0 Å². The van der Waals surface area contributed by atoms with E-state index in [4.69, 9.17) is 0 Å². The molecule has 0 spiro atoms. The smallest absolute Gasteiger partial charge is 0.744 e. The summed E-state index contributed by atoms with van der Waals surface area (Å²) >= 11 is 0. The van der Waals surface area contributed by atoms with E-state index in [0.29, 0.717) is 0 Å². The van der Waals surface area contributed by atoms with E-state index in [9.17, 15) is 25.9 Å². The molecule has 0 heterocycles. The number of benzene rings is 2. The molecule has 0 aromatic heterocycles. The number of rotatable bonds is 58. The molecule has 0 saturated heterocycles. The molecule has 0 amide bonds. The Hall–Kier alpha value is -0.974. The largest absolute Gasteiger partial charge is 2.00 e. The molecule has 0 aliphatic heterocycles. The molecule has 6 nitrogen and oxygen atoms in total. The topological polar surface area (TPSA) is 114 Å². The van der Waals surface area contributed by atoms with Crippen LogP contribution in [0.2, 0.25) is 0 Å². The van der Waals surface area contributed by atoms with Gasteiger partial charge in [0.05, 0.1) is 9.79 Å². The van der Waals surface area contributed by atoms with Crippen LogP contribution in [-0.4, -0.2) is 49.0 Å². The molecule has 9 heteroatoms. The van der Waals surface area contributed by atoms with Gasteiger partial charge in [0.1, 0.15) is 20.2 Å². The van der Waals surface area contributed by atoms with Crippen molar-refractivity contribution in [2.24, 2.45) is 0 Å². The Bertz CT molecular complexity index is 1620. The maximum Gasteiger partial charge on any atom is 2.00 e. The first-order valence-electron chi connectivity index (χ1n) is 34.2. The van der Waals surface area contributed by atoms with Gasteiger partial charge in [0.2, 0.25) is 0 Å². The molecule has 0 unspecified atom stereocenters. The monoisotopic (exact) mass is 1150 g/mol. The van der Waals surface area contributed by atoms with Gasteiger partial charge in [0, 0.05) is 0 Å². The maximum atomic E-state index is 11.0. The summed E-state index contributed by atoms with van der Waals surface area (Å²) in [4.78, 5) is -0.266. The predicted molar refractivity (Wildman–Crippen MR) is 343 cm³/mol. The summed E-state index contributed by atoms with van der Waals surface area (Å²) in [6.45, 7) is 4.59. The molecule has 2 aromatic carbocycles. The van der Waals surface area contributed by atoms with Gasteiger partial charge in [-0.15, -0.1) is 0 Å². The standard InChI is InChI=1S/2C35H64O3S.Mg/c2*1-2-3-4-5-6-7-8-9-10-11-12-13-14-15-16-17-18-19-20-21-22-23-24-25-26-27-28-29-34-30-32-35(33-31-34)39(36,37)38;/h2*30-33H,2-29H2,1H3,(H,36,37,38);/q;;+2/p-2. The summed E-state index contributed by atoms with van der Waals surface area (Å²) in [6, 6.07) is 12.8. The number of hydrogen-bond acceptors (Lipinski definition) is 6. The average Bonchev–Trinajstić information content (AvgIpc) is 3.43. The maximum absolute atomic E-state index is 11.0. The van der Waals surface area contributed by atoms with Crippen molar-refractivity contribution < 1.29 is 25.9 Å². The first-order chi connectivity index (χ1) is 38.1. The SMILES string of the molecule is CCCCCCCCCCCCCCCCCCCCCCCCCCCCCc1ccc(S(=O)(=O)[O-])cc1.CCCCCCCCCCCCCCCCCCCCCCCCCCCCCc1ccc(S(=O)(=O)[O-])cc1.[Mg+2]. The van der Waals surface area contributed by atoms with Crippen LogP contribution in [0, 0.1) is 0 Å². The van der Waals surface area contributed by atoms with Crippen LogP contribution in [-0.2, 0) is 33.1 Å². The summed E-state index contributed by atoms with van der Waals surface area (Å²) in [7, 11) is -8.66. The van der Waals surface area contributed by atoms with Gasteiger partial charge in [-0.2, -0.15) is 0 Å². The molecule has 0 aliphatic rings. The molecule has 0 radical (unpaired) electrons. The van der Waals surface area contributed by atoms with Crippen molar-refractivity contribution in [2.45, 2.75) is 383 Å². The van der Waals surface area contributed by atoms with Crippen molar-refractivity contribution in [3.63, 3.8) is 0 Å². The molecule has 0 N–H and O–H groups in total. The van der Waals surface area contributed by atoms with E-state index in [0.717, 1.165) is 36.8 Å². The van der Waals surface area contributed by atoms with E-state index in [2.05, 4.69) is 13.8 Å². The third-order valence-electron chi connectivity index (χ3n) is 16.6. The van der Waals surface area contributed by atoms with Crippen molar-refractivity contribution in [1.82, 2.24) is 0 Å². The Morgan fingerprint density at radius 3 is 0.481 bits per heavy atom. The second-order valence-electron chi connectivity index (χ2n) is 24.1. The van der Waals surface area contributed by atoms with E-state index in [1.165, 1.54) is 358 Å². The molecule has 2 aromatic rings. The third kappa shape index (κ3) is 54.7. The summed E-state index contributed by atoms with van der Waals surface area (Å²) in [5, 5.41) is 0. The number of hydrogen-bond donors (Lipinski definition) is 0. The molecule has 0 saturated carbocycles. The molecule has 0 bridgehead atoms. The van der Waals surface area contributed by atoms with E-state index in [1.807, 2.05) is 0 Å². The molecule has 2 rings (SSSR count). The van der Waals surface area contributed by atoms with Crippen molar-refractivity contribution in [3.05, 3.63) is 59.7 Å². The normalized spacial score (nSPS) is 11.7. The van der Waals surface area contributed by atoms with E-state index >= 15 is 0 Å². The zero-order chi connectivity index (χ0) is 56.6. The van der Waals surface area contributed by atoms with Gasteiger partial charge in [0.25, 0.3) is 0 Å². The fourth-order valence-electron chi connectivity index (χ4n) is 11.3. The molecule has 456 valence electrons. The third-order valence-corrected chi connectivity index (χ3v) is 18.3. The molecule has 0 fully saturated rings. The predicted octanol–water partition coefficient (Wildman–Crippen LogP) is 23.0. The molecule has 0 atom stereocenters. The molecule has 0 aliphatic carbocycles. The van der Waals surface area contributed by atoms with Gasteiger partial charge in [-0.05, 0) is 61.1 Å². The van der Waals surface area contributed by atoms with Gasteiger partial charge < -0.3 is 9.11 Å². The minimum absolute atomic E-state index is 0. The van der Waals surface area contributed by atoms with Gasteiger partial charge in [-0.1, -0.05) is 372 Å². The van der Waals surface area contributed by atoms with Crippen LogP contribution in [0.5, 0.6) is 0 Å². The second kappa shape index (κ2) is 58.8. The summed E-state index contributed by atoms with van der Waals surface area (Å²) < 4.78 is 65.9. The molecule has 79 heavy (non-hydrogen) atoms. The summed E-state index contributed by atoms with van der Waals surface area (Å²) in [5.74, 6) is 0. The van der Waals surface area contributed by atoms with Crippen LogP contribution in [0.25, 0.3) is 0 Å². The average molecular weight is 1150 g/mol. The van der Waals surface area contributed by atoms with Crippen LogP contribution in [0.1, 0.15) is 372 Å². The quantitative estimate of drug-likeness (QED) is 0.0370. The van der Waals surface area contributed by atoms with Crippen molar-refractivity contribution in [3.8, 4) is 0 Å². The fourth-order valence-corrected chi connectivity index (χ4v) is 12.2. The minimum Gasteiger partial charge on any atom is -0.744 e. The van der Waals surface area contributed by atoms with Crippen LogP contribution >= 0.6 is 0 Å². The van der Waals surface area contributed by atoms with Gasteiger partial charge >= 0.3 is 23.1 Å². The Balaban J connectivity index is 0.00000152. The second-order valence-corrected chi connectivity index (χ2v) is 26.8. The van der Waals surface area contributed by atoms with Crippen LogP contribution in [0.3, 0.4) is 0 Å². The number of unbranched alkanes of at least 4 members (excludes halogenated alkanes) is 52. The first kappa shape index (κ1) is 78.0. The zero-order valence-corrected chi connectivity index (χ0v) is 55.2. The Labute approximate surface area is 508 Å². The summed E-state index contributed by atoms with van der Waals surface area (Å²) in [5.41, 5.74) is 2.23. The first-order valence-corrected chi connectivity index (χ1v) is 37.0. The fraction of sp³-hybridized carbons (Fsp3) is 0.829. The van der Waals surface area contributed by atoms with Gasteiger partial charge in [0.15, 0.2) is 0 Å². The van der Waals surface area contributed by atoms with Gasteiger partial charge in [-0.3, -0.25) is 0 Å². The van der Waals surface area contributed by atoms with Gasteiger partial charge in [-0.25, -0.2) is 16.8 Å². The van der Waals surface area contributed by atoms with Crippen LogP contribution in [0.15, 0.2) is 58.3 Å². The van der Waals surface area contributed by atoms with Crippen LogP contribution < -0.4 is 0 Å². The molecular formula is C70H126MgO6S2. The minimum atomic E-state index is -4.33. The van der Waals surface area contributed by atoms with E-state index in [-0.39, 0.29) is 32.8 Å². The van der Waals surface area contributed by atoms with Crippen molar-refractivity contribution in [1.29, 1.82) is 0 Å². The Morgan fingerprint density at radius 1 is 0.228 bits per heavy atom. The summed E-state index contributed by atoms with van der Waals surface area (Å²) in [6.07, 6.45) is 78.0. The zero-order valence-electron chi connectivity index (χ0n) is 52.2. The van der Waals surface area contributed by atoms with Crippen molar-refractivity contribution in [2.75, 3.05) is 0 Å². The van der Waals surface area contributed by atoms with E-state index < -0.39 is 20.2 Å². The molecular weight excluding hydrogens is 1030 g/mol. The number of aryl methyl sites for hydroxylation is 2. The Kier molecular flexibility index (Phi) is 58.1. The van der Waals surface area contributed by atoms with Crippen molar-refractivity contribution >= 4 is 43.3 Å². The van der Waals surface area contributed by atoms with E-state index in [1.54, 1.807) is 24.3 Å². The Morgan fingerprint density at radius 2 is 0.354 bits per heavy atom.